The SMILES string of the molecule is CCCCC(CC)Cc1nc2c(C(=O)OC3C(C(C)(C)C)CC(C)CC3C(C)(C)C)c(-c3ccc(Cl)c(Cl)c3)c(Cl)n2c(=O)[nH]1. The maximum atomic E-state index is 14.6. The van der Waals surface area contributed by atoms with E-state index >= 15 is 0 Å². The Labute approximate surface area is 283 Å². The predicted molar refractivity (Wildman–Crippen MR) is 187 cm³/mol. The molecule has 1 aromatic carbocycles. The van der Waals surface area contributed by atoms with Gasteiger partial charge in [0.15, 0.2) is 5.65 Å². The van der Waals surface area contributed by atoms with Gasteiger partial charge < -0.3 is 4.74 Å². The fourth-order valence-corrected chi connectivity index (χ4v) is 7.79. The Balaban J connectivity index is 1.93. The quantitative estimate of drug-likeness (QED) is 0.229. The largest absolute Gasteiger partial charge is 0.458 e. The van der Waals surface area contributed by atoms with Crippen LogP contribution in [-0.2, 0) is 11.2 Å². The van der Waals surface area contributed by atoms with Gasteiger partial charge in [0.2, 0.25) is 0 Å². The average Bonchev–Trinajstić information content (AvgIpc) is 3.24. The number of nitrogens with one attached hydrogen (secondary N) is 1. The fraction of sp³-hybridized carbons (Fsp3) is 0.639. The molecule has 0 bridgehead atoms. The zero-order valence-corrected chi connectivity index (χ0v) is 30.6. The molecule has 1 aliphatic carbocycles. The first-order valence-electron chi connectivity index (χ1n) is 16.5. The van der Waals surface area contributed by atoms with Crippen LogP contribution in [0.1, 0.15) is 117 Å². The van der Waals surface area contributed by atoms with E-state index in [1.807, 2.05) is 0 Å². The Morgan fingerprint density at radius 2 is 1.67 bits per heavy atom. The van der Waals surface area contributed by atoms with Crippen molar-refractivity contribution in [3.8, 4) is 11.1 Å². The van der Waals surface area contributed by atoms with Gasteiger partial charge in [0, 0.05) is 23.8 Å². The van der Waals surface area contributed by atoms with Crippen LogP contribution in [0.5, 0.6) is 0 Å². The molecule has 0 amide bonds. The Kier molecular flexibility index (Phi) is 11.1. The van der Waals surface area contributed by atoms with Crippen molar-refractivity contribution >= 4 is 46.4 Å². The summed E-state index contributed by atoms with van der Waals surface area (Å²) in [6, 6.07) is 5.06. The van der Waals surface area contributed by atoms with E-state index in [9.17, 15) is 9.59 Å². The lowest BCUT2D eigenvalue weighted by Crippen LogP contribution is -2.49. The van der Waals surface area contributed by atoms with Gasteiger partial charge in [0.25, 0.3) is 0 Å². The van der Waals surface area contributed by atoms with Crippen LogP contribution in [0, 0.1) is 34.5 Å². The summed E-state index contributed by atoms with van der Waals surface area (Å²) in [7, 11) is 0. The molecule has 3 atom stereocenters. The summed E-state index contributed by atoms with van der Waals surface area (Å²) >= 11 is 19.7. The van der Waals surface area contributed by atoms with Gasteiger partial charge in [-0.15, -0.1) is 0 Å². The van der Waals surface area contributed by atoms with Crippen molar-refractivity contribution in [2.24, 2.45) is 34.5 Å². The Hall–Kier alpha value is -2.02. The van der Waals surface area contributed by atoms with Crippen molar-refractivity contribution < 1.29 is 9.53 Å². The molecule has 1 fully saturated rings. The molecule has 2 heterocycles. The number of hydrogen-bond acceptors (Lipinski definition) is 4. The molecular formula is C36H50Cl3N3O3. The third kappa shape index (κ3) is 7.76. The molecule has 3 aromatic rings. The van der Waals surface area contributed by atoms with Crippen molar-refractivity contribution in [1.82, 2.24) is 14.4 Å². The second kappa shape index (κ2) is 14.0. The highest BCUT2D eigenvalue weighted by Crippen LogP contribution is 2.50. The van der Waals surface area contributed by atoms with Crippen LogP contribution in [-0.4, -0.2) is 26.4 Å². The molecule has 9 heteroatoms. The zero-order chi connectivity index (χ0) is 33.4. The van der Waals surface area contributed by atoms with Crippen LogP contribution in [0.4, 0.5) is 0 Å². The first-order chi connectivity index (χ1) is 21.0. The van der Waals surface area contributed by atoms with Crippen molar-refractivity contribution in [1.29, 1.82) is 0 Å². The third-order valence-electron chi connectivity index (χ3n) is 9.79. The zero-order valence-electron chi connectivity index (χ0n) is 28.3. The topological polar surface area (TPSA) is 76.5 Å². The molecule has 6 nitrogen and oxygen atoms in total. The summed E-state index contributed by atoms with van der Waals surface area (Å²) in [6.07, 6.45) is 6.39. The number of ether oxygens (including phenoxy) is 1. The summed E-state index contributed by atoms with van der Waals surface area (Å²) < 4.78 is 7.93. The van der Waals surface area contributed by atoms with E-state index < -0.39 is 11.7 Å². The lowest BCUT2D eigenvalue weighted by Gasteiger charge is -2.50. The van der Waals surface area contributed by atoms with Crippen molar-refractivity contribution in [2.45, 2.75) is 113 Å². The van der Waals surface area contributed by atoms with E-state index in [4.69, 9.17) is 44.5 Å². The van der Waals surface area contributed by atoms with Crippen LogP contribution in [0.25, 0.3) is 16.8 Å². The van der Waals surface area contributed by atoms with E-state index in [-0.39, 0.29) is 45.1 Å². The molecule has 0 radical (unpaired) electrons. The van der Waals surface area contributed by atoms with Gasteiger partial charge in [-0.1, -0.05) is 129 Å². The molecule has 2 aromatic heterocycles. The number of carbonyl (C=O) groups excluding carboxylic acids is 1. The van der Waals surface area contributed by atoms with Gasteiger partial charge in [-0.25, -0.2) is 19.0 Å². The van der Waals surface area contributed by atoms with E-state index in [0.717, 1.165) is 38.5 Å². The molecule has 0 saturated heterocycles. The number of unbranched alkanes of at least 4 members (excludes halogenated alkanes) is 1. The van der Waals surface area contributed by atoms with Crippen LogP contribution in [0.3, 0.4) is 0 Å². The van der Waals surface area contributed by atoms with Gasteiger partial charge in [-0.3, -0.25) is 4.98 Å². The normalized spacial score (nSPS) is 21.7. The maximum Gasteiger partial charge on any atom is 0.342 e. The number of hydrogen-bond donors (Lipinski definition) is 1. The van der Waals surface area contributed by atoms with Gasteiger partial charge in [-0.2, -0.15) is 0 Å². The number of H-pyrrole nitrogens is 1. The lowest BCUT2D eigenvalue weighted by molar-refractivity contribution is -0.0922. The average molecular weight is 679 g/mol. The lowest BCUT2D eigenvalue weighted by atomic mass is 9.59. The number of esters is 1. The molecule has 0 spiro atoms. The first-order valence-corrected chi connectivity index (χ1v) is 17.6. The van der Waals surface area contributed by atoms with Crippen LogP contribution < -0.4 is 5.69 Å². The molecule has 1 saturated carbocycles. The minimum atomic E-state index is -0.536. The van der Waals surface area contributed by atoms with E-state index in [1.165, 1.54) is 4.40 Å². The number of aromatic amines is 1. The monoisotopic (exact) mass is 677 g/mol. The van der Waals surface area contributed by atoms with Gasteiger partial charge >= 0.3 is 11.7 Å². The molecule has 0 aliphatic heterocycles. The highest BCUT2D eigenvalue weighted by atomic mass is 35.5. The Bertz CT molecular complexity index is 1560. The first kappa shape index (κ1) is 35.8. The minimum absolute atomic E-state index is 0.0747. The minimum Gasteiger partial charge on any atom is -0.458 e. The molecule has 45 heavy (non-hydrogen) atoms. The fourth-order valence-electron chi connectivity index (χ4n) is 7.13. The summed E-state index contributed by atoms with van der Waals surface area (Å²) in [5.74, 6) is 1.14. The number of rotatable bonds is 9. The van der Waals surface area contributed by atoms with Crippen LogP contribution in [0.15, 0.2) is 23.0 Å². The van der Waals surface area contributed by atoms with Crippen molar-refractivity contribution in [3.05, 3.63) is 55.3 Å². The number of halogens is 3. The molecular weight excluding hydrogens is 629 g/mol. The highest BCUT2D eigenvalue weighted by molar-refractivity contribution is 6.42. The second-order valence-corrected chi connectivity index (χ2v) is 16.5. The Morgan fingerprint density at radius 3 is 2.20 bits per heavy atom. The van der Waals surface area contributed by atoms with Crippen molar-refractivity contribution in [3.63, 3.8) is 0 Å². The second-order valence-electron chi connectivity index (χ2n) is 15.3. The van der Waals surface area contributed by atoms with Gasteiger partial charge in [0.1, 0.15) is 22.6 Å². The molecule has 4 rings (SSSR count). The highest BCUT2D eigenvalue weighted by Gasteiger charge is 2.48. The van der Waals surface area contributed by atoms with Crippen molar-refractivity contribution in [2.75, 3.05) is 0 Å². The summed E-state index contributed by atoms with van der Waals surface area (Å²) in [5.41, 5.74) is 0.651. The van der Waals surface area contributed by atoms with Crippen LogP contribution in [0.2, 0.25) is 15.2 Å². The maximum absolute atomic E-state index is 14.6. The van der Waals surface area contributed by atoms with E-state index in [1.54, 1.807) is 18.2 Å². The summed E-state index contributed by atoms with van der Waals surface area (Å²) in [4.78, 5) is 36.1. The van der Waals surface area contributed by atoms with E-state index in [2.05, 4.69) is 67.3 Å². The number of carbonyl (C=O) groups is 1. The number of fused-ring (bicyclic) bond motifs is 1. The molecule has 248 valence electrons. The Morgan fingerprint density at radius 1 is 1.04 bits per heavy atom. The molecule has 1 aliphatic rings. The molecule has 1 N–H and O–H groups in total. The van der Waals surface area contributed by atoms with Crippen LogP contribution >= 0.6 is 34.8 Å². The standard InChI is InChI=1S/C36H50Cl3N3O3/c1-10-12-13-21(11-2)18-27-40-32-29(28(31(39)42(32)34(44)41-27)22-14-15-25(37)26(38)19-22)33(43)45-30-23(35(4,5)6)16-20(3)17-24(30)36(7,8)9/h14-15,19-21,23-24,30H,10-13,16-18H2,1-9H3,(H,40,41,44). The number of nitrogens with zero attached hydrogens (tertiary/aromatic N) is 2. The summed E-state index contributed by atoms with van der Waals surface area (Å²) in [6.45, 7) is 19.9. The van der Waals surface area contributed by atoms with Gasteiger partial charge in [0.05, 0.1) is 10.0 Å². The summed E-state index contributed by atoms with van der Waals surface area (Å²) in [5, 5.41) is 0.759. The molecule has 3 unspecified atom stereocenters. The smallest absolute Gasteiger partial charge is 0.342 e. The number of aromatic nitrogens is 3. The van der Waals surface area contributed by atoms with E-state index in [0.29, 0.717) is 45.3 Å². The number of benzene rings is 1. The van der Waals surface area contributed by atoms with Gasteiger partial charge in [-0.05, 0) is 53.2 Å². The predicted octanol–water partition coefficient (Wildman–Crippen LogP) is 10.7. The third-order valence-corrected chi connectivity index (χ3v) is 10.9.